The van der Waals surface area contributed by atoms with Gasteiger partial charge in [-0.3, -0.25) is 4.79 Å². The highest BCUT2D eigenvalue weighted by Gasteiger charge is 2.20. The molecule has 1 aromatic carbocycles. The molecule has 1 rings (SSSR count). The fourth-order valence-electron chi connectivity index (χ4n) is 1.71. The first kappa shape index (κ1) is 15.9. The van der Waals surface area contributed by atoms with Crippen LogP contribution in [0, 0.1) is 5.82 Å². The van der Waals surface area contributed by atoms with Gasteiger partial charge in [-0.2, -0.15) is 0 Å². The Hall–Kier alpha value is -2.11. The highest BCUT2D eigenvalue weighted by atomic mass is 19.1. The van der Waals surface area contributed by atoms with E-state index in [1.54, 1.807) is 0 Å². The lowest BCUT2D eigenvalue weighted by Crippen LogP contribution is -2.40. The molecule has 0 heterocycles. The minimum atomic E-state index is -1.08. The molecule has 0 aliphatic carbocycles. The van der Waals surface area contributed by atoms with Gasteiger partial charge in [0.25, 0.3) is 5.91 Å². The van der Waals surface area contributed by atoms with Crippen LogP contribution in [0.4, 0.5) is 4.39 Å². The number of nitrogens with one attached hydrogen (secondary N) is 1. The van der Waals surface area contributed by atoms with Gasteiger partial charge in [-0.1, -0.05) is 19.8 Å². The summed E-state index contributed by atoms with van der Waals surface area (Å²) in [5.74, 6) is -2.28. The monoisotopic (exact) mass is 283 g/mol. The second-order valence-corrected chi connectivity index (χ2v) is 4.36. The molecule has 0 radical (unpaired) electrons. The average Bonchev–Trinajstić information content (AvgIpc) is 2.43. The lowest BCUT2D eigenvalue weighted by atomic mass is 10.1. The zero-order valence-electron chi connectivity index (χ0n) is 11.5. The van der Waals surface area contributed by atoms with Gasteiger partial charge >= 0.3 is 5.97 Å². The third kappa shape index (κ3) is 4.22. The number of benzene rings is 1. The molecule has 6 heteroatoms. The van der Waals surface area contributed by atoms with E-state index < -0.39 is 23.7 Å². The van der Waals surface area contributed by atoms with Crippen molar-refractivity contribution >= 4 is 11.9 Å². The Labute approximate surface area is 116 Å². The minimum Gasteiger partial charge on any atom is -0.494 e. The Kier molecular flexibility index (Phi) is 5.96. The molecule has 5 nitrogen and oxygen atoms in total. The topological polar surface area (TPSA) is 75.6 Å². The Bertz CT molecular complexity index is 490. The molecule has 1 aromatic rings. The lowest BCUT2D eigenvalue weighted by Gasteiger charge is -2.14. The van der Waals surface area contributed by atoms with Gasteiger partial charge in [0.15, 0.2) is 11.6 Å². The first-order chi connectivity index (χ1) is 9.49. The first-order valence-corrected chi connectivity index (χ1v) is 6.36. The third-order valence-electron chi connectivity index (χ3n) is 2.86. The van der Waals surface area contributed by atoms with E-state index in [1.165, 1.54) is 19.2 Å². The summed E-state index contributed by atoms with van der Waals surface area (Å²) in [5, 5.41) is 11.5. The number of aliphatic carboxylic acids is 1. The highest BCUT2D eigenvalue weighted by molar-refractivity contribution is 5.96. The summed E-state index contributed by atoms with van der Waals surface area (Å²) in [7, 11) is 1.29. The molecule has 110 valence electrons. The number of hydrogen-bond donors (Lipinski definition) is 2. The normalized spacial score (nSPS) is 11.8. The highest BCUT2D eigenvalue weighted by Crippen LogP contribution is 2.18. The smallest absolute Gasteiger partial charge is 0.326 e. The van der Waals surface area contributed by atoms with E-state index in [2.05, 4.69) is 5.32 Å². The van der Waals surface area contributed by atoms with E-state index in [-0.39, 0.29) is 11.3 Å². The molecule has 1 atom stereocenters. The van der Waals surface area contributed by atoms with Crippen LogP contribution in [0.25, 0.3) is 0 Å². The SMILES string of the molecule is CCCCC(NC(=O)c1ccc(F)c(OC)c1)C(=O)O. The maximum absolute atomic E-state index is 13.2. The van der Waals surface area contributed by atoms with Gasteiger partial charge in [-0.05, 0) is 24.6 Å². The number of halogens is 1. The molecule has 0 saturated heterocycles. The second-order valence-electron chi connectivity index (χ2n) is 4.36. The molecule has 0 bridgehead atoms. The van der Waals surface area contributed by atoms with Gasteiger partial charge in [-0.25, -0.2) is 9.18 Å². The fourth-order valence-corrected chi connectivity index (χ4v) is 1.71. The van der Waals surface area contributed by atoms with Gasteiger partial charge in [-0.15, -0.1) is 0 Å². The largest absolute Gasteiger partial charge is 0.494 e. The van der Waals surface area contributed by atoms with E-state index in [9.17, 15) is 14.0 Å². The molecule has 0 fully saturated rings. The van der Waals surface area contributed by atoms with Crippen LogP contribution in [-0.4, -0.2) is 30.1 Å². The van der Waals surface area contributed by atoms with Crippen molar-refractivity contribution < 1.29 is 23.8 Å². The van der Waals surface area contributed by atoms with Crippen LogP contribution >= 0.6 is 0 Å². The number of rotatable bonds is 7. The van der Waals surface area contributed by atoms with Crippen molar-refractivity contribution in [2.75, 3.05) is 7.11 Å². The van der Waals surface area contributed by atoms with Crippen molar-refractivity contribution in [2.24, 2.45) is 0 Å². The molecular formula is C14H18FNO4. The number of unbranched alkanes of at least 4 members (excludes halogenated alkanes) is 1. The van der Waals surface area contributed by atoms with E-state index in [4.69, 9.17) is 9.84 Å². The minimum absolute atomic E-state index is 0.0573. The van der Waals surface area contributed by atoms with Gasteiger partial charge in [0.05, 0.1) is 7.11 Å². The van der Waals surface area contributed by atoms with Crippen molar-refractivity contribution in [1.82, 2.24) is 5.32 Å². The van der Waals surface area contributed by atoms with Gasteiger partial charge < -0.3 is 15.2 Å². The molecule has 1 amide bonds. The number of carbonyl (C=O) groups excluding carboxylic acids is 1. The Morgan fingerprint density at radius 2 is 2.15 bits per heavy atom. The van der Waals surface area contributed by atoms with Crippen molar-refractivity contribution in [2.45, 2.75) is 32.2 Å². The number of carboxylic acids is 1. The summed E-state index contributed by atoms with van der Waals surface area (Å²) in [6, 6.07) is 2.68. The summed E-state index contributed by atoms with van der Waals surface area (Å²) in [4.78, 5) is 23.0. The average molecular weight is 283 g/mol. The maximum Gasteiger partial charge on any atom is 0.326 e. The standard InChI is InChI=1S/C14H18FNO4/c1-3-4-5-11(14(18)19)16-13(17)9-6-7-10(15)12(8-9)20-2/h6-8,11H,3-5H2,1-2H3,(H,16,17)(H,18,19). The van der Waals surface area contributed by atoms with Crippen LogP contribution in [-0.2, 0) is 4.79 Å². The molecule has 1 unspecified atom stereocenters. The second kappa shape index (κ2) is 7.47. The number of methoxy groups -OCH3 is 1. The molecular weight excluding hydrogens is 265 g/mol. The Balaban J connectivity index is 2.80. The Morgan fingerprint density at radius 1 is 1.45 bits per heavy atom. The summed E-state index contributed by atoms with van der Waals surface area (Å²) in [6.07, 6.45) is 1.89. The predicted molar refractivity (Wildman–Crippen MR) is 71.4 cm³/mol. The van der Waals surface area contributed by atoms with Gasteiger partial charge in [0.1, 0.15) is 6.04 Å². The van der Waals surface area contributed by atoms with Crippen molar-refractivity contribution in [3.8, 4) is 5.75 Å². The molecule has 0 aliphatic heterocycles. The summed E-state index contributed by atoms with van der Waals surface area (Å²) in [6.45, 7) is 1.94. The van der Waals surface area contributed by atoms with Crippen LogP contribution in [0.15, 0.2) is 18.2 Å². The Morgan fingerprint density at radius 3 is 2.70 bits per heavy atom. The number of carbonyl (C=O) groups is 2. The summed E-state index contributed by atoms with van der Waals surface area (Å²) < 4.78 is 18.0. The van der Waals surface area contributed by atoms with Crippen LogP contribution < -0.4 is 10.1 Å². The quantitative estimate of drug-likeness (QED) is 0.804. The third-order valence-corrected chi connectivity index (χ3v) is 2.86. The molecule has 0 aromatic heterocycles. The number of carboxylic acid groups (broad SMARTS) is 1. The first-order valence-electron chi connectivity index (χ1n) is 6.36. The van der Waals surface area contributed by atoms with Gasteiger partial charge in [0.2, 0.25) is 0 Å². The molecule has 0 aliphatic rings. The summed E-state index contributed by atoms with van der Waals surface area (Å²) >= 11 is 0. The summed E-state index contributed by atoms with van der Waals surface area (Å²) in [5.41, 5.74) is 0.158. The van der Waals surface area contributed by atoms with Crippen LogP contribution in [0.2, 0.25) is 0 Å². The lowest BCUT2D eigenvalue weighted by molar-refractivity contribution is -0.139. The molecule has 0 spiro atoms. The maximum atomic E-state index is 13.2. The number of hydrogen-bond acceptors (Lipinski definition) is 3. The predicted octanol–water partition coefficient (Wildman–Crippen LogP) is 2.21. The number of amides is 1. The fraction of sp³-hybridized carbons (Fsp3) is 0.429. The molecule has 2 N–H and O–H groups in total. The number of ether oxygens (including phenoxy) is 1. The van der Waals surface area contributed by atoms with Crippen molar-refractivity contribution in [3.05, 3.63) is 29.6 Å². The molecule has 0 saturated carbocycles. The zero-order chi connectivity index (χ0) is 15.1. The van der Waals surface area contributed by atoms with E-state index >= 15 is 0 Å². The van der Waals surface area contributed by atoms with Crippen LogP contribution in [0.3, 0.4) is 0 Å². The van der Waals surface area contributed by atoms with Gasteiger partial charge in [0, 0.05) is 5.56 Å². The zero-order valence-corrected chi connectivity index (χ0v) is 11.5. The van der Waals surface area contributed by atoms with E-state index in [0.29, 0.717) is 12.8 Å². The van der Waals surface area contributed by atoms with Crippen LogP contribution in [0.5, 0.6) is 5.75 Å². The van der Waals surface area contributed by atoms with E-state index in [1.807, 2.05) is 6.92 Å². The van der Waals surface area contributed by atoms with E-state index in [0.717, 1.165) is 12.5 Å². The molecule has 20 heavy (non-hydrogen) atoms. The van der Waals surface area contributed by atoms with Crippen molar-refractivity contribution in [3.63, 3.8) is 0 Å². The van der Waals surface area contributed by atoms with Crippen molar-refractivity contribution in [1.29, 1.82) is 0 Å². The van der Waals surface area contributed by atoms with Crippen LogP contribution in [0.1, 0.15) is 36.5 Å².